The van der Waals surface area contributed by atoms with Crippen LogP contribution in [-0.4, -0.2) is 43.5 Å². The van der Waals surface area contributed by atoms with Gasteiger partial charge in [-0.3, -0.25) is 4.79 Å². The molecule has 0 aliphatic heterocycles. The average Bonchev–Trinajstić information content (AvgIpc) is 2.34. The third-order valence-corrected chi connectivity index (χ3v) is 3.00. The summed E-state index contributed by atoms with van der Waals surface area (Å²) < 4.78 is 5.93. The molecule has 0 fully saturated rings. The highest BCUT2D eigenvalue weighted by atomic mass is 79.9. The van der Waals surface area contributed by atoms with E-state index in [1.807, 2.05) is 12.1 Å². The largest absolute Gasteiger partial charge is 0.383 e. The first-order chi connectivity index (χ1) is 8.19. The summed E-state index contributed by atoms with van der Waals surface area (Å²) in [4.78, 5) is 13.8. The smallest absolute Gasteiger partial charge is 0.253 e. The highest BCUT2D eigenvalue weighted by Gasteiger charge is 2.14. The standard InChI is InChI=1S/C12H15BrClNO2/c1-17-9-8-15(7-6-14)12(16)10-2-4-11(13)5-3-10/h2-5H,6-9H2,1H3. The van der Waals surface area contributed by atoms with Gasteiger partial charge in [0.25, 0.3) is 5.91 Å². The molecular weight excluding hydrogens is 305 g/mol. The summed E-state index contributed by atoms with van der Waals surface area (Å²) in [6.45, 7) is 1.59. The van der Waals surface area contributed by atoms with Crippen molar-refractivity contribution in [2.24, 2.45) is 0 Å². The van der Waals surface area contributed by atoms with Crippen LogP contribution in [0.5, 0.6) is 0 Å². The van der Waals surface area contributed by atoms with E-state index in [2.05, 4.69) is 15.9 Å². The molecule has 1 aromatic carbocycles. The first kappa shape index (κ1) is 14.5. The number of carbonyl (C=O) groups is 1. The van der Waals surface area contributed by atoms with Crippen molar-refractivity contribution in [3.05, 3.63) is 34.3 Å². The fourth-order valence-corrected chi connectivity index (χ4v) is 1.86. The minimum atomic E-state index is -0.0183. The molecule has 5 heteroatoms. The third-order valence-electron chi connectivity index (χ3n) is 2.30. The average molecular weight is 321 g/mol. The summed E-state index contributed by atoms with van der Waals surface area (Å²) >= 11 is 9.03. The predicted molar refractivity (Wildman–Crippen MR) is 72.6 cm³/mol. The summed E-state index contributed by atoms with van der Waals surface area (Å²) in [7, 11) is 1.61. The molecule has 0 spiro atoms. The Morgan fingerprint density at radius 3 is 2.53 bits per heavy atom. The van der Waals surface area contributed by atoms with Crippen molar-refractivity contribution in [1.82, 2.24) is 4.90 Å². The predicted octanol–water partition coefficient (Wildman–Crippen LogP) is 2.78. The zero-order chi connectivity index (χ0) is 12.7. The summed E-state index contributed by atoms with van der Waals surface area (Å²) in [6, 6.07) is 7.28. The van der Waals surface area contributed by atoms with Gasteiger partial charge >= 0.3 is 0 Å². The molecule has 0 aliphatic rings. The van der Waals surface area contributed by atoms with Crippen molar-refractivity contribution >= 4 is 33.4 Å². The summed E-state index contributed by atoms with van der Waals surface area (Å²) in [5.74, 6) is 0.404. The van der Waals surface area contributed by atoms with E-state index in [1.165, 1.54) is 0 Å². The monoisotopic (exact) mass is 319 g/mol. The summed E-state index contributed by atoms with van der Waals surface area (Å²) in [5, 5.41) is 0. The molecule has 0 unspecified atom stereocenters. The van der Waals surface area contributed by atoms with Crippen LogP contribution in [0.15, 0.2) is 28.7 Å². The number of benzene rings is 1. The molecule has 0 bridgehead atoms. The molecule has 0 aromatic heterocycles. The Kier molecular flexibility index (Phi) is 6.55. The van der Waals surface area contributed by atoms with Crippen LogP contribution in [0.1, 0.15) is 10.4 Å². The maximum Gasteiger partial charge on any atom is 0.253 e. The molecule has 0 heterocycles. The van der Waals surface area contributed by atoms with Crippen LogP contribution in [0, 0.1) is 0 Å². The lowest BCUT2D eigenvalue weighted by Crippen LogP contribution is -2.35. The first-order valence-electron chi connectivity index (χ1n) is 5.28. The normalized spacial score (nSPS) is 10.3. The number of halogens is 2. The van der Waals surface area contributed by atoms with E-state index >= 15 is 0 Å². The van der Waals surface area contributed by atoms with Crippen LogP contribution in [0.25, 0.3) is 0 Å². The Hall–Kier alpha value is -0.580. The van der Waals surface area contributed by atoms with E-state index < -0.39 is 0 Å². The third kappa shape index (κ3) is 4.66. The van der Waals surface area contributed by atoms with Crippen molar-refractivity contribution in [3.63, 3.8) is 0 Å². The molecule has 0 aliphatic carbocycles. The van der Waals surface area contributed by atoms with Gasteiger partial charge in [-0.1, -0.05) is 15.9 Å². The lowest BCUT2D eigenvalue weighted by molar-refractivity contribution is 0.0708. The highest BCUT2D eigenvalue weighted by molar-refractivity contribution is 9.10. The Balaban J connectivity index is 2.72. The number of amides is 1. The number of methoxy groups -OCH3 is 1. The lowest BCUT2D eigenvalue weighted by atomic mass is 10.2. The fraction of sp³-hybridized carbons (Fsp3) is 0.417. The Morgan fingerprint density at radius 2 is 2.00 bits per heavy atom. The number of carbonyl (C=O) groups excluding carboxylic acids is 1. The van der Waals surface area contributed by atoms with E-state index in [0.717, 1.165) is 4.47 Å². The molecule has 1 amide bonds. The summed E-state index contributed by atoms with van der Waals surface area (Å²) in [5.41, 5.74) is 0.661. The van der Waals surface area contributed by atoms with Gasteiger partial charge in [-0.05, 0) is 24.3 Å². The Morgan fingerprint density at radius 1 is 1.35 bits per heavy atom. The molecule has 3 nitrogen and oxygen atoms in total. The van der Waals surface area contributed by atoms with Gasteiger partial charge in [0.2, 0.25) is 0 Å². The van der Waals surface area contributed by atoms with Gasteiger partial charge in [0.15, 0.2) is 0 Å². The van der Waals surface area contributed by atoms with Crippen LogP contribution >= 0.6 is 27.5 Å². The van der Waals surface area contributed by atoms with Gasteiger partial charge in [-0.25, -0.2) is 0 Å². The van der Waals surface area contributed by atoms with Crippen LogP contribution in [0.2, 0.25) is 0 Å². The SMILES string of the molecule is COCCN(CCCl)C(=O)c1ccc(Br)cc1. The number of hydrogen-bond donors (Lipinski definition) is 0. The van der Waals surface area contributed by atoms with Crippen LogP contribution in [0.3, 0.4) is 0 Å². The van der Waals surface area contributed by atoms with Crippen LogP contribution in [0.4, 0.5) is 0 Å². The van der Waals surface area contributed by atoms with Crippen LogP contribution in [-0.2, 0) is 4.74 Å². The Labute approximate surface area is 115 Å². The van der Waals surface area contributed by atoms with Crippen molar-refractivity contribution in [2.75, 3.05) is 32.7 Å². The zero-order valence-corrected chi connectivity index (χ0v) is 12.0. The second-order valence-electron chi connectivity index (χ2n) is 3.48. The maximum absolute atomic E-state index is 12.1. The molecule has 94 valence electrons. The minimum absolute atomic E-state index is 0.0183. The number of nitrogens with zero attached hydrogens (tertiary/aromatic N) is 1. The first-order valence-corrected chi connectivity index (χ1v) is 6.61. The maximum atomic E-state index is 12.1. The van der Waals surface area contributed by atoms with Gasteiger partial charge in [0, 0.05) is 36.1 Å². The van der Waals surface area contributed by atoms with Gasteiger partial charge < -0.3 is 9.64 Å². The molecule has 0 N–H and O–H groups in total. The van der Waals surface area contributed by atoms with E-state index in [9.17, 15) is 4.79 Å². The molecule has 0 saturated carbocycles. The fourth-order valence-electron chi connectivity index (χ4n) is 1.39. The lowest BCUT2D eigenvalue weighted by Gasteiger charge is -2.21. The molecular formula is C12H15BrClNO2. The number of hydrogen-bond acceptors (Lipinski definition) is 2. The van der Waals surface area contributed by atoms with E-state index in [-0.39, 0.29) is 5.91 Å². The molecule has 1 rings (SSSR count). The van der Waals surface area contributed by atoms with Crippen molar-refractivity contribution in [1.29, 1.82) is 0 Å². The van der Waals surface area contributed by atoms with E-state index in [4.69, 9.17) is 16.3 Å². The van der Waals surface area contributed by atoms with E-state index in [1.54, 1.807) is 24.1 Å². The summed E-state index contributed by atoms with van der Waals surface area (Å²) in [6.07, 6.45) is 0. The van der Waals surface area contributed by atoms with Crippen molar-refractivity contribution < 1.29 is 9.53 Å². The van der Waals surface area contributed by atoms with Gasteiger partial charge in [-0.15, -0.1) is 11.6 Å². The number of ether oxygens (including phenoxy) is 1. The molecule has 17 heavy (non-hydrogen) atoms. The number of alkyl halides is 1. The van der Waals surface area contributed by atoms with Crippen LogP contribution < -0.4 is 0 Å². The second kappa shape index (κ2) is 7.69. The van der Waals surface area contributed by atoms with Gasteiger partial charge in [0.05, 0.1) is 6.61 Å². The van der Waals surface area contributed by atoms with Gasteiger partial charge in [0.1, 0.15) is 0 Å². The van der Waals surface area contributed by atoms with E-state index in [0.29, 0.717) is 31.1 Å². The van der Waals surface area contributed by atoms with Gasteiger partial charge in [-0.2, -0.15) is 0 Å². The molecule has 0 atom stereocenters. The topological polar surface area (TPSA) is 29.5 Å². The molecule has 1 aromatic rings. The highest BCUT2D eigenvalue weighted by Crippen LogP contribution is 2.12. The number of rotatable bonds is 6. The Bertz CT molecular complexity index is 356. The zero-order valence-electron chi connectivity index (χ0n) is 9.66. The quantitative estimate of drug-likeness (QED) is 0.754. The molecule has 0 saturated heterocycles. The van der Waals surface area contributed by atoms with Crippen molar-refractivity contribution in [2.45, 2.75) is 0 Å². The second-order valence-corrected chi connectivity index (χ2v) is 4.77. The minimum Gasteiger partial charge on any atom is -0.383 e. The molecule has 0 radical (unpaired) electrons. The van der Waals surface area contributed by atoms with Crippen molar-refractivity contribution in [3.8, 4) is 0 Å².